The molecule has 0 saturated carbocycles. The van der Waals surface area contributed by atoms with Gasteiger partial charge in [0.25, 0.3) is 0 Å². The van der Waals surface area contributed by atoms with Crippen LogP contribution in [0.3, 0.4) is 0 Å². The number of carbonyl (C=O) groups excluding carboxylic acids is 1. The lowest BCUT2D eigenvalue weighted by Crippen LogP contribution is -2.06. The third-order valence-electron chi connectivity index (χ3n) is 5.17. The van der Waals surface area contributed by atoms with Crippen molar-refractivity contribution in [2.45, 2.75) is 32.6 Å². The van der Waals surface area contributed by atoms with Crippen molar-refractivity contribution in [3.05, 3.63) is 99.3 Å². The topological polar surface area (TPSA) is 26.3 Å². The predicted octanol–water partition coefficient (Wildman–Crippen LogP) is 6.90. The van der Waals surface area contributed by atoms with Gasteiger partial charge in [-0.2, -0.15) is 0 Å². The molecule has 0 saturated heterocycles. The third-order valence-corrected chi connectivity index (χ3v) is 5.41. The van der Waals surface area contributed by atoms with E-state index in [1.165, 1.54) is 28.8 Å². The fourth-order valence-electron chi connectivity index (χ4n) is 3.41. The van der Waals surface area contributed by atoms with Gasteiger partial charge < -0.3 is 4.74 Å². The second-order valence-corrected chi connectivity index (χ2v) is 7.69. The van der Waals surface area contributed by atoms with Crippen LogP contribution in [0.1, 0.15) is 51.4 Å². The van der Waals surface area contributed by atoms with Gasteiger partial charge >= 0.3 is 0 Å². The summed E-state index contributed by atoms with van der Waals surface area (Å²) in [7, 11) is 0. The first-order valence-electron chi connectivity index (χ1n) is 9.68. The van der Waals surface area contributed by atoms with Crippen molar-refractivity contribution >= 4 is 17.9 Å². The summed E-state index contributed by atoms with van der Waals surface area (Å²) in [4.78, 5) is 10.7. The first-order valence-corrected chi connectivity index (χ1v) is 10.1. The monoisotopic (exact) mass is 410 g/mol. The Hall–Kier alpha value is -2.65. The van der Waals surface area contributed by atoms with E-state index in [0.717, 1.165) is 18.4 Å². The van der Waals surface area contributed by atoms with Crippen LogP contribution < -0.4 is 4.74 Å². The molecule has 0 spiro atoms. The van der Waals surface area contributed by atoms with Crippen LogP contribution in [0, 0.1) is 19.7 Å². The van der Waals surface area contributed by atoms with Gasteiger partial charge in [-0.25, -0.2) is 4.39 Å². The molecule has 3 aromatic carbocycles. The number of hydrogen-bond donors (Lipinski definition) is 0. The van der Waals surface area contributed by atoms with Crippen LogP contribution in [0.4, 0.5) is 4.39 Å². The van der Waals surface area contributed by atoms with E-state index < -0.39 is 5.82 Å². The first kappa shape index (κ1) is 21.1. The maximum atomic E-state index is 14.0. The Morgan fingerprint density at radius 3 is 2.48 bits per heavy atom. The fourth-order valence-corrected chi connectivity index (χ4v) is 3.61. The molecule has 0 bridgehead atoms. The van der Waals surface area contributed by atoms with Crippen LogP contribution in [-0.4, -0.2) is 12.9 Å². The van der Waals surface area contributed by atoms with Crippen LogP contribution in [0.5, 0.6) is 5.75 Å². The van der Waals surface area contributed by atoms with Gasteiger partial charge in [0.2, 0.25) is 0 Å². The predicted molar refractivity (Wildman–Crippen MR) is 116 cm³/mol. The first-order chi connectivity index (χ1) is 14.0. The molecule has 0 unspecified atom stereocenters. The summed E-state index contributed by atoms with van der Waals surface area (Å²) in [5.41, 5.74) is 5.20. The molecule has 4 heteroatoms. The number of aryl methyl sites for hydroxylation is 2. The number of aldehydes is 1. The Bertz CT molecular complexity index is 1000. The summed E-state index contributed by atoms with van der Waals surface area (Å²) in [5, 5.41) is 0.713. The van der Waals surface area contributed by atoms with Crippen molar-refractivity contribution in [2.24, 2.45) is 0 Å². The van der Waals surface area contributed by atoms with Gasteiger partial charge in [-0.1, -0.05) is 41.9 Å². The number of benzene rings is 3. The Labute approximate surface area is 176 Å². The number of halogens is 2. The molecule has 150 valence electrons. The molecular formula is C25H24ClFO2. The van der Waals surface area contributed by atoms with E-state index in [0.29, 0.717) is 23.5 Å². The van der Waals surface area contributed by atoms with Gasteiger partial charge in [0, 0.05) is 16.5 Å². The molecule has 1 atom stereocenters. The minimum atomic E-state index is -0.518. The van der Waals surface area contributed by atoms with Crippen molar-refractivity contribution < 1.29 is 13.9 Å². The molecule has 0 aliphatic heterocycles. The molecule has 0 aromatic heterocycles. The maximum Gasteiger partial charge on any atom is 0.165 e. The number of hydrogen-bond acceptors (Lipinski definition) is 2. The Balaban J connectivity index is 1.72. The molecular weight excluding hydrogens is 387 g/mol. The Morgan fingerprint density at radius 1 is 1.00 bits per heavy atom. The fraction of sp³-hybridized carbons (Fsp3) is 0.240. The van der Waals surface area contributed by atoms with Gasteiger partial charge in [-0.3, -0.25) is 4.79 Å². The average Bonchev–Trinajstić information content (AvgIpc) is 2.71. The molecule has 0 amide bonds. The second kappa shape index (κ2) is 9.71. The highest BCUT2D eigenvalue weighted by Crippen LogP contribution is 2.32. The lowest BCUT2D eigenvalue weighted by Gasteiger charge is -2.20. The Morgan fingerprint density at radius 2 is 1.79 bits per heavy atom. The van der Waals surface area contributed by atoms with Gasteiger partial charge in [-0.15, -0.1) is 0 Å². The van der Waals surface area contributed by atoms with Crippen LogP contribution in [0.2, 0.25) is 5.02 Å². The molecule has 0 aliphatic carbocycles. The minimum absolute atomic E-state index is 0.168. The highest BCUT2D eigenvalue weighted by molar-refractivity contribution is 6.30. The molecule has 0 fully saturated rings. The normalized spacial score (nSPS) is 11.9. The molecule has 3 rings (SSSR count). The molecule has 0 N–H and O–H groups in total. The number of carbonyl (C=O) groups is 1. The third kappa shape index (κ3) is 5.45. The second-order valence-electron chi connectivity index (χ2n) is 7.25. The van der Waals surface area contributed by atoms with E-state index in [9.17, 15) is 9.18 Å². The summed E-state index contributed by atoms with van der Waals surface area (Å²) in [6, 6.07) is 18.7. The lowest BCUT2D eigenvalue weighted by atomic mass is 9.86. The summed E-state index contributed by atoms with van der Waals surface area (Å²) in [5.74, 6) is -0.171. The van der Waals surface area contributed by atoms with Crippen LogP contribution in [-0.2, 0) is 0 Å². The van der Waals surface area contributed by atoms with Crippen molar-refractivity contribution in [3.63, 3.8) is 0 Å². The molecule has 2 nitrogen and oxygen atoms in total. The minimum Gasteiger partial charge on any atom is -0.491 e. The number of rotatable bonds is 8. The molecule has 3 aromatic rings. The summed E-state index contributed by atoms with van der Waals surface area (Å²) in [6.45, 7) is 4.60. The van der Waals surface area contributed by atoms with E-state index in [1.807, 2.05) is 18.2 Å². The van der Waals surface area contributed by atoms with E-state index in [4.69, 9.17) is 16.3 Å². The van der Waals surface area contributed by atoms with Crippen LogP contribution in [0.25, 0.3) is 0 Å². The van der Waals surface area contributed by atoms with Crippen molar-refractivity contribution in [1.82, 2.24) is 0 Å². The molecule has 0 heterocycles. The summed E-state index contributed by atoms with van der Waals surface area (Å²) < 4.78 is 19.6. The molecule has 29 heavy (non-hydrogen) atoms. The van der Waals surface area contributed by atoms with Gasteiger partial charge in [0.15, 0.2) is 11.6 Å². The molecule has 0 aliphatic rings. The summed E-state index contributed by atoms with van der Waals surface area (Å²) >= 11 is 6.23. The lowest BCUT2D eigenvalue weighted by molar-refractivity contribution is 0.112. The maximum absolute atomic E-state index is 14.0. The zero-order chi connectivity index (χ0) is 20.8. The van der Waals surface area contributed by atoms with E-state index in [1.54, 1.807) is 6.07 Å². The highest BCUT2D eigenvalue weighted by Gasteiger charge is 2.16. The average molecular weight is 411 g/mol. The van der Waals surface area contributed by atoms with Crippen molar-refractivity contribution in [3.8, 4) is 5.75 Å². The quantitative estimate of drug-likeness (QED) is 0.298. The van der Waals surface area contributed by atoms with Gasteiger partial charge in [-0.05, 0) is 79.3 Å². The SMILES string of the molecule is Cc1ccc([C@H](CCCOc2ccc(C=O)cc2F)c2cccc(Cl)c2)cc1C. The zero-order valence-electron chi connectivity index (χ0n) is 16.6. The van der Waals surface area contributed by atoms with Crippen molar-refractivity contribution in [2.75, 3.05) is 6.61 Å². The van der Waals surface area contributed by atoms with Crippen LogP contribution >= 0.6 is 11.6 Å². The van der Waals surface area contributed by atoms with Crippen molar-refractivity contribution in [1.29, 1.82) is 0 Å². The molecule has 0 radical (unpaired) electrons. The van der Waals surface area contributed by atoms with Crippen LogP contribution in [0.15, 0.2) is 60.7 Å². The van der Waals surface area contributed by atoms with E-state index in [2.05, 4.69) is 38.1 Å². The standard InChI is InChI=1S/C25H24ClFO2/c1-17-8-10-21(13-18(17)2)23(20-5-3-6-22(26)15-20)7-4-12-29-25-11-9-19(16-28)14-24(25)27/h3,5-6,8-11,13-16,23H,4,7,12H2,1-2H3/t23-/m1/s1. The van der Waals surface area contributed by atoms with Gasteiger partial charge in [0.05, 0.1) is 6.61 Å². The summed E-state index contributed by atoms with van der Waals surface area (Å²) in [6.07, 6.45) is 2.21. The Kier molecular flexibility index (Phi) is 7.05. The zero-order valence-corrected chi connectivity index (χ0v) is 17.4. The highest BCUT2D eigenvalue weighted by atomic mass is 35.5. The van der Waals surface area contributed by atoms with Gasteiger partial charge in [0.1, 0.15) is 6.29 Å². The number of ether oxygens (including phenoxy) is 1. The van der Waals surface area contributed by atoms with E-state index in [-0.39, 0.29) is 11.7 Å². The van der Waals surface area contributed by atoms with E-state index >= 15 is 0 Å². The smallest absolute Gasteiger partial charge is 0.165 e. The largest absolute Gasteiger partial charge is 0.491 e.